The monoisotopic (exact) mass is 299 g/mol. The number of carbonyl (C=O) groups is 2. The van der Waals surface area contributed by atoms with Crippen LogP contribution in [0.2, 0.25) is 0 Å². The first-order valence-electron chi connectivity index (χ1n) is 7.53. The van der Waals surface area contributed by atoms with Crippen LogP contribution < -0.4 is 0 Å². The lowest BCUT2D eigenvalue weighted by molar-refractivity contribution is -0.144. The summed E-state index contributed by atoms with van der Waals surface area (Å²) in [4.78, 5) is 24.2. The highest BCUT2D eigenvalue weighted by Crippen LogP contribution is 2.11. The van der Waals surface area contributed by atoms with Crippen molar-refractivity contribution in [3.8, 4) is 0 Å². The zero-order valence-corrected chi connectivity index (χ0v) is 12.6. The summed E-state index contributed by atoms with van der Waals surface area (Å²) in [5.74, 6) is -1.73. The quantitative estimate of drug-likeness (QED) is 0.513. The number of unbranched alkanes of at least 4 members (excludes halogenated alkanes) is 1. The molecule has 0 aromatic rings. The summed E-state index contributed by atoms with van der Waals surface area (Å²) in [6.45, 7) is 6.28. The largest absolute Gasteiger partial charge is 0.478 e. The Balaban J connectivity index is 2.38. The summed E-state index contributed by atoms with van der Waals surface area (Å²) in [5.41, 5.74) is 0. The van der Waals surface area contributed by atoms with Crippen LogP contribution in [0.5, 0.6) is 0 Å². The zero-order chi connectivity index (χ0) is 15.5. The molecular formula is C15H25NO5. The smallest absolute Gasteiger partial charge is 0.331 e. The standard InChI is InChI=1S/C15H25NO5/c1-2-3-4-13(21-15(19)6-5-14(17)18)7-8-16-9-11-20-12-10-16/h5-6,13H,2-4,7-12H2,1H3,(H,17,18)/b6-5+. The van der Waals surface area contributed by atoms with Crippen LogP contribution in [-0.4, -0.2) is 60.9 Å². The summed E-state index contributed by atoms with van der Waals surface area (Å²) in [6, 6.07) is 0. The summed E-state index contributed by atoms with van der Waals surface area (Å²) in [5, 5.41) is 8.50. The lowest BCUT2D eigenvalue weighted by atomic mass is 10.1. The Kier molecular flexibility index (Phi) is 8.69. The predicted molar refractivity (Wildman–Crippen MR) is 78.1 cm³/mol. The Bertz CT molecular complexity index is 350. The second-order valence-corrected chi connectivity index (χ2v) is 5.12. The summed E-state index contributed by atoms with van der Waals surface area (Å²) in [6.07, 6.45) is 5.23. The molecule has 1 unspecified atom stereocenters. The molecule has 21 heavy (non-hydrogen) atoms. The molecule has 1 rings (SSSR count). The van der Waals surface area contributed by atoms with Gasteiger partial charge in [0.05, 0.1) is 13.2 Å². The number of carbonyl (C=O) groups excluding carboxylic acids is 1. The van der Waals surface area contributed by atoms with Crippen LogP contribution in [-0.2, 0) is 19.1 Å². The molecular weight excluding hydrogens is 274 g/mol. The van der Waals surface area contributed by atoms with Gasteiger partial charge in [0.1, 0.15) is 6.10 Å². The van der Waals surface area contributed by atoms with Gasteiger partial charge >= 0.3 is 11.9 Å². The van der Waals surface area contributed by atoms with Crippen molar-refractivity contribution in [3.63, 3.8) is 0 Å². The van der Waals surface area contributed by atoms with Gasteiger partial charge in [-0.2, -0.15) is 0 Å². The molecule has 0 aromatic carbocycles. The van der Waals surface area contributed by atoms with Crippen molar-refractivity contribution in [2.75, 3.05) is 32.8 Å². The number of esters is 1. The van der Waals surface area contributed by atoms with E-state index in [2.05, 4.69) is 11.8 Å². The third-order valence-corrected chi connectivity index (χ3v) is 3.40. The van der Waals surface area contributed by atoms with E-state index in [9.17, 15) is 9.59 Å². The van der Waals surface area contributed by atoms with E-state index in [-0.39, 0.29) is 6.10 Å². The number of hydrogen-bond acceptors (Lipinski definition) is 5. The molecule has 0 radical (unpaired) electrons. The molecule has 120 valence electrons. The lowest BCUT2D eigenvalue weighted by Crippen LogP contribution is -2.38. The number of ether oxygens (including phenoxy) is 2. The summed E-state index contributed by atoms with van der Waals surface area (Å²) in [7, 11) is 0. The van der Waals surface area contributed by atoms with Crippen molar-refractivity contribution in [2.45, 2.75) is 38.7 Å². The van der Waals surface area contributed by atoms with Crippen LogP contribution in [0, 0.1) is 0 Å². The lowest BCUT2D eigenvalue weighted by Gasteiger charge is -2.28. The van der Waals surface area contributed by atoms with E-state index in [1.165, 1.54) is 0 Å². The number of morpholine rings is 1. The van der Waals surface area contributed by atoms with Gasteiger partial charge in [-0.25, -0.2) is 9.59 Å². The zero-order valence-electron chi connectivity index (χ0n) is 12.6. The van der Waals surface area contributed by atoms with Crippen LogP contribution in [0.3, 0.4) is 0 Å². The Hall–Kier alpha value is -1.40. The van der Waals surface area contributed by atoms with Gasteiger partial charge in [-0.3, -0.25) is 4.90 Å². The predicted octanol–water partition coefficient (Wildman–Crippen LogP) is 1.45. The molecule has 6 nitrogen and oxygen atoms in total. The maximum atomic E-state index is 11.6. The van der Waals surface area contributed by atoms with Crippen molar-refractivity contribution in [1.29, 1.82) is 0 Å². The van der Waals surface area contributed by atoms with Crippen molar-refractivity contribution in [2.24, 2.45) is 0 Å². The number of nitrogens with zero attached hydrogens (tertiary/aromatic N) is 1. The van der Waals surface area contributed by atoms with Crippen LogP contribution in [0.4, 0.5) is 0 Å². The number of aliphatic carboxylic acids is 1. The summed E-state index contributed by atoms with van der Waals surface area (Å²) < 4.78 is 10.6. The van der Waals surface area contributed by atoms with Crippen LogP contribution >= 0.6 is 0 Å². The van der Waals surface area contributed by atoms with Crippen molar-refractivity contribution < 1.29 is 24.2 Å². The minimum Gasteiger partial charge on any atom is -0.478 e. The van der Waals surface area contributed by atoms with E-state index >= 15 is 0 Å². The molecule has 1 atom stereocenters. The second kappa shape index (κ2) is 10.3. The normalized spacial score (nSPS) is 17.8. The first-order chi connectivity index (χ1) is 10.1. The molecule has 0 aromatic heterocycles. The molecule has 1 aliphatic rings. The van der Waals surface area contributed by atoms with Gasteiger partial charge < -0.3 is 14.6 Å². The maximum Gasteiger partial charge on any atom is 0.331 e. The number of carboxylic acids is 1. The van der Waals surface area contributed by atoms with Gasteiger partial charge in [-0.05, 0) is 12.8 Å². The van der Waals surface area contributed by atoms with Gasteiger partial charge in [0.25, 0.3) is 0 Å². The molecule has 0 bridgehead atoms. The van der Waals surface area contributed by atoms with E-state index in [0.29, 0.717) is 0 Å². The molecule has 1 saturated heterocycles. The fourth-order valence-corrected chi connectivity index (χ4v) is 2.19. The van der Waals surface area contributed by atoms with Gasteiger partial charge in [0.2, 0.25) is 0 Å². The number of hydrogen-bond donors (Lipinski definition) is 1. The Morgan fingerprint density at radius 2 is 2.00 bits per heavy atom. The highest BCUT2D eigenvalue weighted by Gasteiger charge is 2.16. The molecule has 0 spiro atoms. The van der Waals surface area contributed by atoms with Gasteiger partial charge in [0, 0.05) is 31.8 Å². The van der Waals surface area contributed by atoms with Crippen LogP contribution in [0.15, 0.2) is 12.2 Å². The molecule has 0 aliphatic carbocycles. The molecule has 1 heterocycles. The minimum absolute atomic E-state index is 0.154. The topological polar surface area (TPSA) is 76.1 Å². The van der Waals surface area contributed by atoms with Gasteiger partial charge in [-0.15, -0.1) is 0 Å². The van der Waals surface area contributed by atoms with E-state index in [4.69, 9.17) is 14.6 Å². The van der Waals surface area contributed by atoms with Crippen LogP contribution in [0.1, 0.15) is 32.6 Å². The first-order valence-corrected chi connectivity index (χ1v) is 7.53. The third-order valence-electron chi connectivity index (χ3n) is 3.40. The molecule has 6 heteroatoms. The molecule has 1 fully saturated rings. The van der Waals surface area contributed by atoms with E-state index in [1.807, 2.05) is 0 Å². The van der Waals surface area contributed by atoms with Gasteiger partial charge in [0.15, 0.2) is 0 Å². The third kappa shape index (κ3) is 8.47. The Morgan fingerprint density at radius 1 is 1.29 bits per heavy atom. The van der Waals surface area contributed by atoms with Crippen LogP contribution in [0.25, 0.3) is 0 Å². The average Bonchev–Trinajstić information content (AvgIpc) is 2.49. The van der Waals surface area contributed by atoms with Crippen molar-refractivity contribution >= 4 is 11.9 Å². The highest BCUT2D eigenvalue weighted by molar-refractivity contribution is 5.90. The average molecular weight is 299 g/mol. The fourth-order valence-electron chi connectivity index (χ4n) is 2.19. The minimum atomic E-state index is -1.15. The van der Waals surface area contributed by atoms with Crippen molar-refractivity contribution in [3.05, 3.63) is 12.2 Å². The number of rotatable bonds is 9. The van der Waals surface area contributed by atoms with E-state index in [1.54, 1.807) is 0 Å². The maximum absolute atomic E-state index is 11.6. The Morgan fingerprint density at radius 3 is 2.62 bits per heavy atom. The van der Waals surface area contributed by atoms with Crippen molar-refractivity contribution in [1.82, 2.24) is 4.90 Å². The van der Waals surface area contributed by atoms with Gasteiger partial charge in [-0.1, -0.05) is 19.8 Å². The molecule has 1 N–H and O–H groups in total. The van der Waals surface area contributed by atoms with E-state index in [0.717, 1.165) is 70.7 Å². The SMILES string of the molecule is CCCCC(CCN1CCOCC1)OC(=O)/C=C/C(=O)O. The first kappa shape index (κ1) is 17.7. The second-order valence-electron chi connectivity index (χ2n) is 5.12. The fraction of sp³-hybridized carbons (Fsp3) is 0.733. The Labute approximate surface area is 125 Å². The number of carboxylic acid groups (broad SMARTS) is 1. The van der Waals surface area contributed by atoms with E-state index < -0.39 is 11.9 Å². The highest BCUT2D eigenvalue weighted by atomic mass is 16.5. The molecule has 0 saturated carbocycles. The molecule has 1 aliphatic heterocycles. The molecule has 0 amide bonds. The summed E-state index contributed by atoms with van der Waals surface area (Å²) >= 11 is 0.